The number of benzene rings is 2. The average Bonchev–Trinajstić information content (AvgIpc) is 3.48. The topological polar surface area (TPSA) is 168 Å². The van der Waals surface area contributed by atoms with Gasteiger partial charge < -0.3 is 39.8 Å². The number of nitrogens with zero attached hydrogens (tertiary/aromatic N) is 1. The van der Waals surface area contributed by atoms with E-state index in [0.717, 1.165) is 41.5 Å². The number of rotatable bonds is 9. The fraction of sp³-hybridized carbons (Fsp3) is 0.630. The van der Waals surface area contributed by atoms with E-state index in [1.165, 1.54) is 25.3 Å². The van der Waals surface area contributed by atoms with E-state index in [2.05, 4.69) is 61.7 Å². The summed E-state index contributed by atoms with van der Waals surface area (Å²) in [6, 6.07) is 13.8. The summed E-state index contributed by atoms with van der Waals surface area (Å²) >= 11 is 0. The molecule has 13 heteroatoms. The third-order valence-electron chi connectivity index (χ3n) is 15.2. The van der Waals surface area contributed by atoms with Crippen molar-refractivity contribution >= 4 is 23.9 Å². The molecule has 4 saturated heterocycles. The number of allylic oxidation sites excluding steroid dienone is 1. The molecule has 12 atom stereocenters. The summed E-state index contributed by atoms with van der Waals surface area (Å²) in [6.45, 7) is 8.29. The number of esters is 1. The zero-order valence-electron chi connectivity index (χ0n) is 34.4. The maximum absolute atomic E-state index is 14.9. The highest BCUT2D eigenvalue weighted by Gasteiger charge is 2.76. The molecule has 10 rings (SSSR count). The number of aliphatic hydroxyl groups is 2. The van der Waals surface area contributed by atoms with Crippen LogP contribution in [0.4, 0.5) is 0 Å². The second-order valence-corrected chi connectivity index (χ2v) is 19.5. The summed E-state index contributed by atoms with van der Waals surface area (Å²) in [4.78, 5) is 49.1. The van der Waals surface area contributed by atoms with Gasteiger partial charge in [-0.25, -0.2) is 0 Å². The predicted octanol–water partition coefficient (Wildman–Crippen LogP) is 3.52. The number of hydrogen-bond donors (Lipinski definition) is 4. The van der Waals surface area contributed by atoms with Crippen LogP contribution in [0.15, 0.2) is 54.1 Å². The van der Waals surface area contributed by atoms with Crippen molar-refractivity contribution in [2.24, 2.45) is 22.7 Å². The number of carbonyl (C=O) groups excluding carboxylic acids is 3. The van der Waals surface area contributed by atoms with Crippen molar-refractivity contribution in [1.82, 2.24) is 15.7 Å². The van der Waals surface area contributed by atoms with Crippen LogP contribution in [-0.4, -0.2) is 106 Å². The van der Waals surface area contributed by atoms with Crippen LogP contribution >= 0.6 is 0 Å². The number of hydroxylamine groups is 2. The number of fused-ring (bicyclic) bond motifs is 7. The summed E-state index contributed by atoms with van der Waals surface area (Å²) in [5.74, 6) is -1.69. The van der Waals surface area contributed by atoms with E-state index in [1.807, 2.05) is 24.3 Å². The molecule has 2 amide bonds. The summed E-state index contributed by atoms with van der Waals surface area (Å²) < 4.78 is 25.9. The van der Waals surface area contributed by atoms with E-state index in [4.69, 9.17) is 23.8 Å². The van der Waals surface area contributed by atoms with Gasteiger partial charge in [-0.15, -0.1) is 0 Å². The van der Waals surface area contributed by atoms with Crippen LogP contribution in [0.25, 0.3) is 6.08 Å². The second-order valence-electron chi connectivity index (χ2n) is 19.5. The fourth-order valence-corrected chi connectivity index (χ4v) is 12.0. The largest absolute Gasteiger partial charge is 0.458 e. The van der Waals surface area contributed by atoms with Gasteiger partial charge in [-0.2, -0.15) is 5.06 Å². The van der Waals surface area contributed by atoms with E-state index < -0.39 is 71.6 Å². The van der Waals surface area contributed by atoms with Gasteiger partial charge in [-0.1, -0.05) is 74.0 Å². The van der Waals surface area contributed by atoms with Gasteiger partial charge in [0.2, 0.25) is 11.8 Å². The molecule has 59 heavy (non-hydrogen) atoms. The highest BCUT2D eigenvalue weighted by molar-refractivity contribution is 5.96. The monoisotopic (exact) mass is 811 g/mol. The lowest BCUT2D eigenvalue weighted by molar-refractivity contribution is -0.217. The number of ether oxygens (including phenoxy) is 4. The standard InChI is InChI=1S/C46H57N3O10/c1-25(51)35(40(52)47-17-18-50)48-42(54)46-23-33-36-37(58-45(57-36)20-29-7-5-6-8-30(29)21-45)39(46)59-49(38(46)41(53)55-33)24-27-11-9-26(10-12-27)19-28-13-14-34-44(4,56-34)16-15-32-31(28)22-43(32,2)3/h5-12,19,25,31-39,50-51H,13-18,20-24H2,1-4H3,(H,47,52)(H,48,54). The Bertz CT molecular complexity index is 2030. The summed E-state index contributed by atoms with van der Waals surface area (Å²) in [6.07, 6.45) is 4.83. The van der Waals surface area contributed by atoms with Gasteiger partial charge >= 0.3 is 5.97 Å². The van der Waals surface area contributed by atoms with E-state index in [1.54, 1.807) is 5.06 Å². The molecule has 8 aliphatic rings. The maximum Gasteiger partial charge on any atom is 0.327 e. The molecule has 4 N–H and O–H groups in total. The van der Waals surface area contributed by atoms with Crippen LogP contribution in [0, 0.1) is 22.7 Å². The highest BCUT2D eigenvalue weighted by Crippen LogP contribution is 2.61. The first-order valence-corrected chi connectivity index (χ1v) is 21.6. The van der Waals surface area contributed by atoms with Crippen LogP contribution in [0.5, 0.6) is 0 Å². The number of epoxide rings is 1. The van der Waals surface area contributed by atoms with Crippen LogP contribution < -0.4 is 10.6 Å². The number of nitrogens with one attached hydrogen (secondary N) is 2. The van der Waals surface area contributed by atoms with Crippen molar-refractivity contribution in [3.63, 3.8) is 0 Å². The first-order valence-electron chi connectivity index (χ1n) is 21.6. The van der Waals surface area contributed by atoms with Crippen LogP contribution in [0.3, 0.4) is 0 Å². The van der Waals surface area contributed by atoms with Gasteiger partial charge in [0, 0.05) is 25.8 Å². The zero-order valence-corrected chi connectivity index (χ0v) is 34.4. The second kappa shape index (κ2) is 14.2. The van der Waals surface area contributed by atoms with E-state index in [9.17, 15) is 24.6 Å². The molecule has 12 unspecified atom stereocenters. The maximum atomic E-state index is 14.9. The Balaban J connectivity index is 0.938. The smallest absolute Gasteiger partial charge is 0.327 e. The van der Waals surface area contributed by atoms with E-state index >= 15 is 0 Å². The fourth-order valence-electron chi connectivity index (χ4n) is 12.0. The van der Waals surface area contributed by atoms with E-state index in [-0.39, 0.29) is 31.7 Å². The van der Waals surface area contributed by atoms with Gasteiger partial charge in [-0.3, -0.25) is 19.2 Å². The molecule has 1 spiro atoms. The Hall–Kier alpha value is -3.69. The molecule has 7 fully saturated rings. The molecular weight excluding hydrogens is 755 g/mol. The molecule has 4 aliphatic heterocycles. The number of carbonyl (C=O) groups is 3. The third-order valence-corrected chi connectivity index (χ3v) is 15.2. The number of hydrogen-bond acceptors (Lipinski definition) is 11. The molecule has 2 aromatic carbocycles. The lowest BCUT2D eigenvalue weighted by Gasteiger charge is -2.53. The van der Waals surface area contributed by atoms with Gasteiger partial charge in [0.1, 0.15) is 35.9 Å². The molecule has 0 aromatic heterocycles. The molecule has 2 aromatic rings. The SMILES string of the molecule is CC(O)C(NC(=O)C12CC3OC(=O)C1N(Cc1ccc(C=C4CCC5OC5(C)CCC5C4CC5(C)C)cc1)OC2C1OC2(Cc4ccccc4C2)OC31)C(=O)NCCO. The molecule has 316 valence electrons. The first kappa shape index (κ1) is 39.4. The van der Waals surface area contributed by atoms with Gasteiger partial charge in [0.25, 0.3) is 0 Å². The normalized spacial score (nSPS) is 38.6. The lowest BCUT2D eigenvalue weighted by Crippen LogP contribution is -2.71. The predicted molar refractivity (Wildman–Crippen MR) is 213 cm³/mol. The molecular formula is C46H57N3O10. The Kier molecular flexibility index (Phi) is 9.48. The van der Waals surface area contributed by atoms with Crippen molar-refractivity contribution in [3.05, 3.63) is 76.4 Å². The van der Waals surface area contributed by atoms with Gasteiger partial charge in [0.15, 0.2) is 11.8 Å². The Morgan fingerprint density at radius 3 is 2.41 bits per heavy atom. The lowest BCUT2D eigenvalue weighted by atomic mass is 9.52. The summed E-state index contributed by atoms with van der Waals surface area (Å²) in [7, 11) is 0. The Morgan fingerprint density at radius 2 is 1.71 bits per heavy atom. The van der Waals surface area contributed by atoms with Crippen molar-refractivity contribution in [2.75, 3.05) is 13.2 Å². The Labute approximate surface area is 345 Å². The number of aliphatic hydroxyl groups excluding tert-OH is 2. The minimum Gasteiger partial charge on any atom is -0.458 e. The highest BCUT2D eigenvalue weighted by atomic mass is 16.8. The van der Waals surface area contributed by atoms with Crippen molar-refractivity contribution in [2.45, 2.75) is 146 Å². The zero-order chi connectivity index (χ0) is 41.1. The molecule has 4 heterocycles. The third kappa shape index (κ3) is 6.49. The van der Waals surface area contributed by atoms with Crippen molar-refractivity contribution in [1.29, 1.82) is 0 Å². The molecule has 3 saturated carbocycles. The summed E-state index contributed by atoms with van der Waals surface area (Å²) in [5.41, 5.74) is 4.52. The summed E-state index contributed by atoms with van der Waals surface area (Å²) in [5, 5.41) is 26.9. The molecule has 0 radical (unpaired) electrons. The van der Waals surface area contributed by atoms with Crippen LogP contribution in [0.2, 0.25) is 0 Å². The van der Waals surface area contributed by atoms with E-state index in [0.29, 0.717) is 36.2 Å². The van der Waals surface area contributed by atoms with Crippen molar-refractivity contribution < 1.29 is 48.4 Å². The molecule has 2 bridgehead atoms. The average molecular weight is 812 g/mol. The van der Waals surface area contributed by atoms with Crippen molar-refractivity contribution in [3.8, 4) is 0 Å². The molecule has 4 aliphatic carbocycles. The first-order chi connectivity index (χ1) is 28.2. The quantitative estimate of drug-likeness (QED) is 0.216. The number of amides is 2. The van der Waals surface area contributed by atoms with Crippen LogP contribution in [-0.2, 0) is 57.6 Å². The van der Waals surface area contributed by atoms with Gasteiger partial charge in [-0.05, 0) is 85.5 Å². The minimum absolute atomic E-state index is 0.0307. The van der Waals surface area contributed by atoms with Crippen LogP contribution in [0.1, 0.15) is 88.5 Å². The molecule has 13 nitrogen and oxygen atoms in total. The minimum atomic E-state index is -1.54. The Morgan fingerprint density at radius 1 is 0.983 bits per heavy atom. The van der Waals surface area contributed by atoms with Gasteiger partial charge in [0.05, 0.1) is 31.0 Å².